The van der Waals surface area contributed by atoms with Crippen molar-refractivity contribution >= 4 is 22.1 Å². The van der Waals surface area contributed by atoms with Gasteiger partial charge in [0.2, 0.25) is 0 Å². The number of hydrogen-bond donors (Lipinski definition) is 0. The molecule has 0 unspecified atom stereocenters. The molecule has 0 spiro atoms. The smallest absolute Gasteiger partial charge is 0.198 e. The second-order valence-electron chi connectivity index (χ2n) is 11.3. The Morgan fingerprint density at radius 3 is 1.92 bits per heavy atom. The highest BCUT2D eigenvalue weighted by atomic mass is 16.3. The Bertz CT molecular complexity index is 1760. The number of fused-ring (bicyclic) bond motifs is 2. The molecule has 0 aliphatic rings. The number of aromatic nitrogens is 3. The number of para-hydroxylation sites is 3. The summed E-state index contributed by atoms with van der Waals surface area (Å²) in [6, 6.07) is 30.0. The molecule has 39 heavy (non-hydrogen) atoms. The Hall–Kier alpha value is -4.18. The van der Waals surface area contributed by atoms with E-state index in [0.717, 1.165) is 39.4 Å². The van der Waals surface area contributed by atoms with E-state index in [-0.39, 0.29) is 5.92 Å². The van der Waals surface area contributed by atoms with Crippen LogP contribution in [0.2, 0.25) is 0 Å². The van der Waals surface area contributed by atoms with Crippen molar-refractivity contribution in [3.05, 3.63) is 102 Å². The van der Waals surface area contributed by atoms with Crippen molar-refractivity contribution in [2.75, 3.05) is 0 Å². The molecule has 6 aromatic rings. The minimum atomic E-state index is 0.203. The standard InChI is InChI=1S/C35H35N3O/c1-21(2)27-19-25(24-13-8-7-9-14-24)20-28(22(3)4)32(27)38-31-18-11-10-16-29(31)36-34(38)26-15-12-17-30-33(26)39-35(37-30)23(5)6/h7-23H,1-6H3. The van der Waals surface area contributed by atoms with Gasteiger partial charge in [0.05, 0.1) is 22.3 Å². The highest BCUT2D eigenvalue weighted by molar-refractivity contribution is 5.93. The zero-order valence-electron chi connectivity index (χ0n) is 23.6. The van der Waals surface area contributed by atoms with Crippen LogP contribution >= 0.6 is 0 Å². The lowest BCUT2D eigenvalue weighted by molar-refractivity contribution is 0.502. The van der Waals surface area contributed by atoms with Crippen molar-refractivity contribution in [2.24, 2.45) is 0 Å². The average Bonchev–Trinajstić information content (AvgIpc) is 3.55. The van der Waals surface area contributed by atoms with Gasteiger partial charge in [0, 0.05) is 5.92 Å². The second kappa shape index (κ2) is 9.85. The molecule has 0 amide bonds. The summed E-state index contributed by atoms with van der Waals surface area (Å²) in [5.41, 5.74) is 11.0. The van der Waals surface area contributed by atoms with Crippen molar-refractivity contribution < 1.29 is 4.42 Å². The largest absolute Gasteiger partial charge is 0.440 e. The molecule has 0 radical (unpaired) electrons. The first kappa shape index (κ1) is 25.1. The summed E-state index contributed by atoms with van der Waals surface area (Å²) in [6.45, 7) is 13.3. The van der Waals surface area contributed by atoms with Gasteiger partial charge in [0.25, 0.3) is 0 Å². The number of nitrogens with zero attached hydrogens (tertiary/aromatic N) is 3. The normalized spacial score (nSPS) is 12.0. The Kier molecular flexibility index (Phi) is 6.34. The predicted molar refractivity (Wildman–Crippen MR) is 162 cm³/mol. The summed E-state index contributed by atoms with van der Waals surface area (Å²) in [5, 5.41) is 0. The van der Waals surface area contributed by atoms with Crippen molar-refractivity contribution in [3.8, 4) is 28.2 Å². The first-order chi connectivity index (χ1) is 18.8. The molecule has 196 valence electrons. The molecule has 4 aromatic carbocycles. The van der Waals surface area contributed by atoms with Crippen LogP contribution in [0, 0.1) is 0 Å². The van der Waals surface area contributed by atoms with Crippen LogP contribution in [-0.2, 0) is 0 Å². The number of benzene rings is 4. The highest BCUT2D eigenvalue weighted by Gasteiger charge is 2.25. The van der Waals surface area contributed by atoms with Gasteiger partial charge in [-0.25, -0.2) is 9.97 Å². The van der Waals surface area contributed by atoms with Crippen LogP contribution in [0.1, 0.15) is 76.3 Å². The molecule has 0 aliphatic carbocycles. The summed E-state index contributed by atoms with van der Waals surface area (Å²) in [6.07, 6.45) is 0. The molecular weight excluding hydrogens is 478 g/mol. The third-order valence-electron chi connectivity index (χ3n) is 7.47. The zero-order valence-corrected chi connectivity index (χ0v) is 23.6. The van der Waals surface area contributed by atoms with E-state index in [1.165, 1.54) is 27.9 Å². The predicted octanol–water partition coefficient (Wildman–Crippen LogP) is 9.87. The summed E-state index contributed by atoms with van der Waals surface area (Å²) >= 11 is 0. The molecule has 0 atom stereocenters. The Morgan fingerprint density at radius 2 is 1.26 bits per heavy atom. The molecule has 0 saturated heterocycles. The maximum Gasteiger partial charge on any atom is 0.198 e. The van der Waals surface area contributed by atoms with E-state index >= 15 is 0 Å². The monoisotopic (exact) mass is 513 g/mol. The number of imidazole rings is 1. The van der Waals surface area contributed by atoms with Gasteiger partial charge in [-0.2, -0.15) is 0 Å². The molecule has 4 nitrogen and oxygen atoms in total. The minimum absolute atomic E-state index is 0.203. The van der Waals surface area contributed by atoms with E-state index in [1.807, 2.05) is 6.07 Å². The van der Waals surface area contributed by atoms with Crippen LogP contribution in [0.3, 0.4) is 0 Å². The van der Waals surface area contributed by atoms with Gasteiger partial charge in [-0.15, -0.1) is 0 Å². The molecule has 0 N–H and O–H groups in total. The number of hydrogen-bond acceptors (Lipinski definition) is 3. The molecule has 4 heteroatoms. The minimum Gasteiger partial charge on any atom is -0.440 e. The van der Waals surface area contributed by atoms with Crippen LogP contribution in [0.5, 0.6) is 0 Å². The van der Waals surface area contributed by atoms with Crippen LogP contribution < -0.4 is 0 Å². The van der Waals surface area contributed by atoms with Crippen LogP contribution in [-0.4, -0.2) is 14.5 Å². The fourth-order valence-corrected chi connectivity index (χ4v) is 5.44. The van der Waals surface area contributed by atoms with Crippen molar-refractivity contribution in [3.63, 3.8) is 0 Å². The van der Waals surface area contributed by atoms with E-state index in [0.29, 0.717) is 11.8 Å². The van der Waals surface area contributed by atoms with Gasteiger partial charge in [0.15, 0.2) is 11.5 Å². The molecule has 0 fully saturated rings. The maximum absolute atomic E-state index is 6.37. The molecule has 0 bridgehead atoms. The summed E-state index contributed by atoms with van der Waals surface area (Å²) in [7, 11) is 0. The maximum atomic E-state index is 6.37. The third kappa shape index (κ3) is 4.34. The SMILES string of the molecule is CC(C)c1nc2cccc(-c3nc4ccccc4n3-c3c(C(C)C)cc(-c4ccccc4)cc3C(C)C)c2o1. The Balaban J connectivity index is 1.71. The van der Waals surface area contributed by atoms with Gasteiger partial charge in [0.1, 0.15) is 11.3 Å². The molecule has 2 aromatic heterocycles. The fourth-order valence-electron chi connectivity index (χ4n) is 5.44. The van der Waals surface area contributed by atoms with Gasteiger partial charge >= 0.3 is 0 Å². The molecule has 6 rings (SSSR count). The van der Waals surface area contributed by atoms with E-state index in [2.05, 4.69) is 125 Å². The van der Waals surface area contributed by atoms with Crippen molar-refractivity contribution in [2.45, 2.75) is 59.3 Å². The van der Waals surface area contributed by atoms with Gasteiger partial charge in [-0.3, -0.25) is 4.57 Å². The first-order valence-corrected chi connectivity index (χ1v) is 13.9. The van der Waals surface area contributed by atoms with E-state index in [9.17, 15) is 0 Å². The van der Waals surface area contributed by atoms with Gasteiger partial charge in [-0.05, 0) is 70.5 Å². The Morgan fingerprint density at radius 1 is 0.615 bits per heavy atom. The summed E-state index contributed by atoms with van der Waals surface area (Å²) in [5.74, 6) is 2.45. The lowest BCUT2D eigenvalue weighted by Crippen LogP contribution is -2.09. The Labute approximate surface area is 230 Å². The van der Waals surface area contributed by atoms with Crippen LogP contribution in [0.25, 0.3) is 50.3 Å². The van der Waals surface area contributed by atoms with Crippen LogP contribution in [0.4, 0.5) is 0 Å². The average molecular weight is 514 g/mol. The first-order valence-electron chi connectivity index (χ1n) is 13.9. The lowest BCUT2D eigenvalue weighted by atomic mass is 9.88. The zero-order chi connectivity index (χ0) is 27.3. The number of rotatable bonds is 6. The third-order valence-corrected chi connectivity index (χ3v) is 7.47. The van der Waals surface area contributed by atoms with E-state index in [1.54, 1.807) is 0 Å². The highest BCUT2D eigenvalue weighted by Crippen LogP contribution is 2.41. The fraction of sp³-hybridized carbons (Fsp3) is 0.257. The van der Waals surface area contributed by atoms with E-state index < -0.39 is 0 Å². The quantitative estimate of drug-likeness (QED) is 0.223. The molecule has 2 heterocycles. The van der Waals surface area contributed by atoms with Crippen molar-refractivity contribution in [1.29, 1.82) is 0 Å². The second-order valence-corrected chi connectivity index (χ2v) is 11.3. The summed E-state index contributed by atoms with van der Waals surface area (Å²) < 4.78 is 8.73. The van der Waals surface area contributed by atoms with Crippen molar-refractivity contribution in [1.82, 2.24) is 14.5 Å². The van der Waals surface area contributed by atoms with Gasteiger partial charge in [-0.1, -0.05) is 90.1 Å². The molecule has 0 aliphatic heterocycles. The lowest BCUT2D eigenvalue weighted by Gasteiger charge is -2.24. The van der Waals surface area contributed by atoms with Gasteiger partial charge < -0.3 is 4.42 Å². The van der Waals surface area contributed by atoms with E-state index in [4.69, 9.17) is 14.4 Å². The molecule has 0 saturated carbocycles. The molecular formula is C35H35N3O. The number of oxazole rings is 1. The topological polar surface area (TPSA) is 43.9 Å². The van der Waals surface area contributed by atoms with Crippen LogP contribution in [0.15, 0.2) is 89.3 Å². The summed E-state index contributed by atoms with van der Waals surface area (Å²) in [4.78, 5) is 10.0.